The maximum Gasteiger partial charge on any atom is 0.266 e. The third-order valence-corrected chi connectivity index (χ3v) is 6.63. The zero-order valence-corrected chi connectivity index (χ0v) is 18.4. The van der Waals surface area contributed by atoms with Crippen LogP contribution in [0.5, 0.6) is 0 Å². The lowest BCUT2D eigenvalue weighted by Gasteiger charge is -2.29. The van der Waals surface area contributed by atoms with E-state index < -0.39 is 18.1 Å². The fourth-order valence-electron chi connectivity index (χ4n) is 5.21. The second-order valence-electron chi connectivity index (χ2n) is 8.72. The van der Waals surface area contributed by atoms with E-state index >= 15 is 0 Å². The van der Waals surface area contributed by atoms with Gasteiger partial charge in [-0.15, -0.1) is 0 Å². The number of rotatable bonds is 3. The van der Waals surface area contributed by atoms with Crippen LogP contribution in [0.3, 0.4) is 0 Å². The summed E-state index contributed by atoms with van der Waals surface area (Å²) in [7, 11) is 0. The van der Waals surface area contributed by atoms with Gasteiger partial charge in [0, 0.05) is 22.2 Å². The van der Waals surface area contributed by atoms with E-state index in [1.807, 2.05) is 86.6 Å². The van der Waals surface area contributed by atoms with Crippen LogP contribution in [-0.4, -0.2) is 22.9 Å². The molecule has 6 rings (SSSR count). The predicted octanol–water partition coefficient (Wildman–Crippen LogP) is 4.84. The minimum Gasteiger partial charge on any atom is -0.358 e. The van der Waals surface area contributed by atoms with E-state index in [9.17, 15) is 9.59 Å². The summed E-state index contributed by atoms with van der Waals surface area (Å²) in [5, 5.41) is 2.78. The Labute approximate surface area is 191 Å². The average molecular weight is 437 g/mol. The Morgan fingerprint density at radius 1 is 0.818 bits per heavy atom. The van der Waals surface area contributed by atoms with Crippen molar-refractivity contribution in [2.45, 2.75) is 26.0 Å². The minimum atomic E-state index is -0.878. The van der Waals surface area contributed by atoms with E-state index in [0.717, 1.165) is 33.4 Å². The molecule has 3 atom stereocenters. The summed E-state index contributed by atoms with van der Waals surface area (Å²) in [4.78, 5) is 38.3. The molecule has 1 aromatic heterocycles. The Kier molecular flexibility index (Phi) is 4.38. The number of aromatic nitrogens is 1. The molecule has 2 fully saturated rings. The Morgan fingerprint density at radius 3 is 2.33 bits per heavy atom. The van der Waals surface area contributed by atoms with Crippen LogP contribution in [0.15, 0.2) is 78.9 Å². The van der Waals surface area contributed by atoms with Gasteiger partial charge in [-0.2, -0.15) is 0 Å². The molecule has 33 heavy (non-hydrogen) atoms. The summed E-state index contributed by atoms with van der Waals surface area (Å²) in [5.74, 6) is -1.21. The summed E-state index contributed by atoms with van der Waals surface area (Å²) in [5.41, 5.74) is 5.32. The number of hydroxylamine groups is 1. The Hall–Kier alpha value is -3.90. The summed E-state index contributed by atoms with van der Waals surface area (Å²) >= 11 is 0. The number of nitrogens with one attached hydrogen (secondary N) is 1. The molecule has 0 saturated carbocycles. The highest BCUT2D eigenvalue weighted by Crippen LogP contribution is 2.49. The number of aryl methyl sites for hydroxylation is 2. The first-order valence-electron chi connectivity index (χ1n) is 11.1. The molecule has 2 saturated heterocycles. The van der Waals surface area contributed by atoms with Gasteiger partial charge >= 0.3 is 0 Å². The van der Waals surface area contributed by atoms with E-state index in [1.54, 1.807) is 11.1 Å². The van der Waals surface area contributed by atoms with E-state index in [0.29, 0.717) is 5.69 Å². The lowest BCUT2D eigenvalue weighted by Crippen LogP contribution is -2.37. The van der Waals surface area contributed by atoms with Crippen molar-refractivity contribution in [2.24, 2.45) is 5.92 Å². The topological polar surface area (TPSA) is 65.6 Å². The highest BCUT2D eigenvalue weighted by molar-refractivity contribution is 6.24. The smallest absolute Gasteiger partial charge is 0.266 e. The number of fused-ring (bicyclic) bond motifs is 2. The predicted molar refractivity (Wildman–Crippen MR) is 127 cm³/mol. The van der Waals surface area contributed by atoms with E-state index in [2.05, 4.69) is 4.98 Å². The number of para-hydroxylation sites is 2. The largest absolute Gasteiger partial charge is 0.358 e. The molecule has 2 aliphatic heterocycles. The van der Waals surface area contributed by atoms with Gasteiger partial charge in [-0.25, -0.2) is 9.96 Å². The average Bonchev–Trinajstić information content (AvgIpc) is 3.43. The van der Waals surface area contributed by atoms with Crippen LogP contribution in [0.2, 0.25) is 0 Å². The second-order valence-corrected chi connectivity index (χ2v) is 8.72. The minimum absolute atomic E-state index is 0.233. The molecule has 164 valence electrons. The molecule has 0 bridgehead atoms. The highest BCUT2D eigenvalue weighted by Gasteiger charge is 2.60. The van der Waals surface area contributed by atoms with Gasteiger partial charge in [-0.1, -0.05) is 48.5 Å². The SMILES string of the molecule is Cc1cccc(N2C(=O)[C@H]3[C@@H](c4c(C)[nH]c5ccccc45)N(c4ccccc4)O[C@H]3C2=O)c1. The Balaban J connectivity index is 1.52. The van der Waals surface area contributed by atoms with Gasteiger partial charge in [0.25, 0.3) is 5.91 Å². The molecule has 3 heterocycles. The molecule has 2 amide bonds. The monoisotopic (exact) mass is 437 g/mol. The van der Waals surface area contributed by atoms with E-state index in [-0.39, 0.29) is 11.8 Å². The van der Waals surface area contributed by atoms with Gasteiger partial charge in [0.15, 0.2) is 6.10 Å². The molecule has 0 radical (unpaired) electrons. The van der Waals surface area contributed by atoms with Crippen LogP contribution in [0.25, 0.3) is 10.9 Å². The molecular formula is C27H23N3O3. The zero-order chi connectivity index (χ0) is 22.7. The van der Waals surface area contributed by atoms with Gasteiger partial charge < -0.3 is 4.98 Å². The van der Waals surface area contributed by atoms with Crippen LogP contribution in [0, 0.1) is 19.8 Å². The summed E-state index contributed by atoms with van der Waals surface area (Å²) in [6.07, 6.45) is -0.878. The molecule has 3 aromatic carbocycles. The number of carbonyl (C=O) groups is 2. The number of nitrogens with zero attached hydrogens (tertiary/aromatic N) is 2. The number of aromatic amines is 1. The number of imide groups is 1. The van der Waals surface area contributed by atoms with Crippen LogP contribution >= 0.6 is 0 Å². The molecule has 1 N–H and O–H groups in total. The van der Waals surface area contributed by atoms with Gasteiger partial charge in [0.05, 0.1) is 17.4 Å². The van der Waals surface area contributed by atoms with Crippen molar-refractivity contribution in [2.75, 3.05) is 9.96 Å². The molecule has 4 aromatic rings. The molecule has 0 aliphatic carbocycles. The third-order valence-electron chi connectivity index (χ3n) is 6.63. The number of hydrogen-bond donors (Lipinski definition) is 1. The number of amides is 2. The van der Waals surface area contributed by atoms with Gasteiger partial charge in [-0.05, 0) is 49.7 Å². The summed E-state index contributed by atoms with van der Waals surface area (Å²) in [6, 6.07) is 24.7. The van der Waals surface area contributed by atoms with Crippen molar-refractivity contribution in [1.82, 2.24) is 4.98 Å². The van der Waals surface area contributed by atoms with Crippen molar-refractivity contribution < 1.29 is 14.4 Å². The normalized spacial score (nSPS) is 22.4. The highest BCUT2D eigenvalue weighted by atomic mass is 16.7. The summed E-state index contributed by atoms with van der Waals surface area (Å²) < 4.78 is 0. The van der Waals surface area contributed by atoms with Crippen LogP contribution in [0.1, 0.15) is 22.9 Å². The van der Waals surface area contributed by atoms with Crippen LogP contribution in [-0.2, 0) is 14.4 Å². The van der Waals surface area contributed by atoms with Crippen molar-refractivity contribution in [3.63, 3.8) is 0 Å². The van der Waals surface area contributed by atoms with Crippen molar-refractivity contribution >= 4 is 34.1 Å². The molecule has 0 unspecified atom stereocenters. The quantitative estimate of drug-likeness (QED) is 0.466. The fraction of sp³-hybridized carbons (Fsp3) is 0.185. The molecule has 2 aliphatic rings. The first kappa shape index (κ1) is 19.8. The maximum atomic E-state index is 13.8. The van der Waals surface area contributed by atoms with E-state index in [1.165, 1.54) is 4.90 Å². The van der Waals surface area contributed by atoms with Crippen molar-refractivity contribution in [1.29, 1.82) is 0 Å². The van der Waals surface area contributed by atoms with Gasteiger partial charge in [0.1, 0.15) is 5.92 Å². The number of H-pyrrole nitrogens is 1. The van der Waals surface area contributed by atoms with Crippen molar-refractivity contribution in [3.8, 4) is 0 Å². The van der Waals surface area contributed by atoms with Crippen molar-refractivity contribution in [3.05, 3.63) is 95.7 Å². The lowest BCUT2D eigenvalue weighted by atomic mass is 9.89. The number of carbonyl (C=O) groups excluding carboxylic acids is 2. The first-order valence-corrected chi connectivity index (χ1v) is 11.1. The fourth-order valence-corrected chi connectivity index (χ4v) is 5.21. The standard InChI is InChI=1S/C27H23N3O3/c1-16-9-8-12-19(15-16)29-26(31)23-24(22-17(2)28-21-14-7-6-13-20(21)22)30(33-25(23)27(29)32)18-10-4-3-5-11-18/h3-15,23-25,28H,1-2H3/t23-,24+,25+/m0/s1. The van der Waals surface area contributed by atoms with Gasteiger partial charge in [-0.3, -0.25) is 14.4 Å². The summed E-state index contributed by atoms with van der Waals surface area (Å²) in [6.45, 7) is 3.95. The molecule has 6 heteroatoms. The lowest BCUT2D eigenvalue weighted by molar-refractivity contribution is -0.126. The second kappa shape index (κ2) is 7.32. The molecular weight excluding hydrogens is 414 g/mol. The number of anilines is 2. The zero-order valence-electron chi connectivity index (χ0n) is 18.4. The molecule has 0 spiro atoms. The number of benzene rings is 3. The van der Waals surface area contributed by atoms with Gasteiger partial charge in [0.2, 0.25) is 5.91 Å². The third kappa shape index (κ3) is 2.91. The Bertz CT molecular complexity index is 1390. The van der Waals surface area contributed by atoms with E-state index in [4.69, 9.17) is 4.84 Å². The Morgan fingerprint density at radius 2 is 1.55 bits per heavy atom. The molecule has 6 nitrogen and oxygen atoms in total. The first-order chi connectivity index (χ1) is 16.0. The number of hydrogen-bond acceptors (Lipinski definition) is 4. The maximum absolute atomic E-state index is 13.8. The van der Waals surface area contributed by atoms with Crippen LogP contribution in [0.4, 0.5) is 11.4 Å². The van der Waals surface area contributed by atoms with Crippen LogP contribution < -0.4 is 9.96 Å².